The van der Waals surface area contributed by atoms with E-state index in [0.717, 1.165) is 51.8 Å². The minimum Gasteiger partial charge on any atom is -0.378 e. The van der Waals surface area contributed by atoms with E-state index >= 15 is 0 Å². The molecule has 0 radical (unpaired) electrons. The maximum absolute atomic E-state index is 5.48. The summed E-state index contributed by atoms with van der Waals surface area (Å²) in [6.45, 7) is 7.93. The van der Waals surface area contributed by atoms with Crippen LogP contribution in [0.3, 0.4) is 0 Å². The molecule has 0 saturated carbocycles. The number of morpholine rings is 1. The van der Waals surface area contributed by atoms with Gasteiger partial charge in [-0.2, -0.15) is 0 Å². The number of ether oxygens (including phenoxy) is 1. The van der Waals surface area contributed by atoms with Crippen molar-refractivity contribution >= 4 is 11.6 Å². The number of anilines is 1. The molecule has 27 heavy (non-hydrogen) atoms. The lowest BCUT2D eigenvalue weighted by Crippen LogP contribution is -2.38. The molecule has 2 aromatic carbocycles. The summed E-state index contributed by atoms with van der Waals surface area (Å²) in [7, 11) is 0. The predicted octanol–water partition coefficient (Wildman–Crippen LogP) is 2.82. The number of rotatable bonds is 7. The maximum Gasteiger partial charge on any atom is 0.191 e. The van der Waals surface area contributed by atoms with E-state index in [1.54, 1.807) is 0 Å². The summed E-state index contributed by atoms with van der Waals surface area (Å²) in [6.07, 6.45) is 0.982. The van der Waals surface area contributed by atoms with Gasteiger partial charge in [-0.25, -0.2) is 4.99 Å². The molecule has 0 unspecified atom stereocenters. The highest BCUT2D eigenvalue weighted by atomic mass is 16.5. The van der Waals surface area contributed by atoms with Crippen molar-refractivity contribution in [1.29, 1.82) is 0 Å². The van der Waals surface area contributed by atoms with Crippen molar-refractivity contribution in [2.24, 2.45) is 4.99 Å². The van der Waals surface area contributed by atoms with Gasteiger partial charge in [0.05, 0.1) is 19.8 Å². The minimum atomic E-state index is 0.661. The van der Waals surface area contributed by atoms with Crippen molar-refractivity contribution in [2.45, 2.75) is 19.9 Å². The van der Waals surface area contributed by atoms with E-state index in [2.05, 4.69) is 71.0 Å². The lowest BCUT2D eigenvalue weighted by molar-refractivity contribution is 0.122. The van der Waals surface area contributed by atoms with Gasteiger partial charge < -0.3 is 20.3 Å². The SMILES string of the molecule is CCNC(=NCc1ccccc1N1CCOCC1)NCCc1ccccc1. The van der Waals surface area contributed by atoms with Crippen molar-refractivity contribution < 1.29 is 4.74 Å². The fraction of sp³-hybridized carbons (Fsp3) is 0.409. The highest BCUT2D eigenvalue weighted by molar-refractivity contribution is 5.79. The Hall–Kier alpha value is -2.53. The van der Waals surface area contributed by atoms with E-state index in [1.165, 1.54) is 16.8 Å². The predicted molar refractivity (Wildman–Crippen MR) is 112 cm³/mol. The Balaban J connectivity index is 1.61. The van der Waals surface area contributed by atoms with Crippen LogP contribution in [0.25, 0.3) is 0 Å². The molecule has 1 heterocycles. The van der Waals surface area contributed by atoms with Crippen LogP contribution < -0.4 is 15.5 Å². The van der Waals surface area contributed by atoms with Gasteiger partial charge in [0.2, 0.25) is 0 Å². The summed E-state index contributed by atoms with van der Waals surface area (Å²) >= 11 is 0. The molecule has 144 valence electrons. The molecule has 1 fully saturated rings. The Labute approximate surface area is 162 Å². The highest BCUT2D eigenvalue weighted by Crippen LogP contribution is 2.22. The molecule has 0 atom stereocenters. The lowest BCUT2D eigenvalue weighted by Gasteiger charge is -2.30. The third kappa shape index (κ3) is 6.00. The summed E-state index contributed by atoms with van der Waals surface area (Å²) in [5, 5.41) is 6.79. The summed E-state index contributed by atoms with van der Waals surface area (Å²) < 4.78 is 5.48. The lowest BCUT2D eigenvalue weighted by atomic mass is 10.1. The molecule has 2 aromatic rings. The zero-order chi connectivity index (χ0) is 18.7. The molecule has 0 spiro atoms. The fourth-order valence-electron chi connectivity index (χ4n) is 3.23. The number of guanidine groups is 1. The molecular weight excluding hydrogens is 336 g/mol. The first kappa shape index (κ1) is 19.2. The van der Waals surface area contributed by atoms with Crippen LogP contribution in [0.4, 0.5) is 5.69 Å². The minimum absolute atomic E-state index is 0.661. The van der Waals surface area contributed by atoms with Gasteiger partial charge in [0.15, 0.2) is 5.96 Å². The first-order valence-electron chi connectivity index (χ1n) is 9.83. The van der Waals surface area contributed by atoms with Gasteiger partial charge in [-0.3, -0.25) is 0 Å². The van der Waals surface area contributed by atoms with E-state index in [-0.39, 0.29) is 0 Å². The molecule has 1 aliphatic rings. The standard InChI is InChI=1S/C22H30N4O/c1-2-23-22(24-13-12-19-8-4-3-5-9-19)25-18-20-10-6-7-11-21(20)26-14-16-27-17-15-26/h3-11H,2,12-18H2,1H3,(H2,23,24,25). The molecule has 1 saturated heterocycles. The van der Waals surface area contributed by atoms with Crippen molar-refractivity contribution in [3.8, 4) is 0 Å². The Morgan fingerprint density at radius 2 is 1.74 bits per heavy atom. The number of nitrogens with zero attached hydrogens (tertiary/aromatic N) is 2. The average Bonchev–Trinajstić information content (AvgIpc) is 2.74. The van der Waals surface area contributed by atoms with E-state index in [0.29, 0.717) is 6.54 Å². The van der Waals surface area contributed by atoms with Crippen LogP contribution in [0.2, 0.25) is 0 Å². The van der Waals surface area contributed by atoms with Crippen molar-refractivity contribution in [3.05, 3.63) is 65.7 Å². The fourth-order valence-corrected chi connectivity index (χ4v) is 3.23. The van der Waals surface area contributed by atoms with Crippen LogP contribution in [0.5, 0.6) is 0 Å². The zero-order valence-corrected chi connectivity index (χ0v) is 16.2. The van der Waals surface area contributed by atoms with Gasteiger partial charge in [-0.15, -0.1) is 0 Å². The van der Waals surface area contributed by atoms with Crippen molar-refractivity contribution in [2.75, 3.05) is 44.3 Å². The Kier molecular flexibility index (Phi) is 7.54. The van der Waals surface area contributed by atoms with E-state index in [1.807, 2.05) is 6.07 Å². The third-order valence-electron chi connectivity index (χ3n) is 4.64. The molecular formula is C22H30N4O. The van der Waals surface area contributed by atoms with Gasteiger partial charge in [-0.1, -0.05) is 48.5 Å². The topological polar surface area (TPSA) is 48.9 Å². The largest absolute Gasteiger partial charge is 0.378 e. The molecule has 0 aromatic heterocycles. The van der Waals surface area contributed by atoms with Gasteiger partial charge in [0.1, 0.15) is 0 Å². The van der Waals surface area contributed by atoms with Crippen LogP contribution in [0.15, 0.2) is 59.6 Å². The first-order valence-corrected chi connectivity index (χ1v) is 9.83. The van der Waals surface area contributed by atoms with Crippen LogP contribution in [-0.2, 0) is 17.7 Å². The smallest absolute Gasteiger partial charge is 0.191 e. The molecule has 5 heteroatoms. The molecule has 3 rings (SSSR count). The summed E-state index contributed by atoms with van der Waals surface area (Å²) in [6, 6.07) is 19.1. The third-order valence-corrected chi connectivity index (χ3v) is 4.64. The van der Waals surface area contributed by atoms with Crippen LogP contribution >= 0.6 is 0 Å². The molecule has 0 aliphatic carbocycles. The molecule has 1 aliphatic heterocycles. The number of hydrogen-bond donors (Lipinski definition) is 2. The van der Waals surface area contributed by atoms with E-state index in [4.69, 9.17) is 9.73 Å². The van der Waals surface area contributed by atoms with Crippen LogP contribution in [0, 0.1) is 0 Å². The van der Waals surface area contributed by atoms with E-state index in [9.17, 15) is 0 Å². The van der Waals surface area contributed by atoms with Crippen LogP contribution in [-0.4, -0.2) is 45.4 Å². The van der Waals surface area contributed by atoms with Crippen LogP contribution in [0.1, 0.15) is 18.1 Å². The second kappa shape index (κ2) is 10.6. The van der Waals surface area contributed by atoms with Gasteiger partial charge in [-0.05, 0) is 30.5 Å². The molecule has 0 amide bonds. The van der Waals surface area contributed by atoms with Crippen molar-refractivity contribution in [3.63, 3.8) is 0 Å². The highest BCUT2D eigenvalue weighted by Gasteiger charge is 2.14. The number of benzene rings is 2. The normalized spacial score (nSPS) is 14.9. The number of nitrogens with one attached hydrogen (secondary N) is 2. The van der Waals surface area contributed by atoms with E-state index < -0.39 is 0 Å². The molecule has 5 nitrogen and oxygen atoms in total. The Bertz CT molecular complexity index is 711. The second-order valence-electron chi connectivity index (χ2n) is 6.59. The first-order chi connectivity index (χ1) is 13.4. The summed E-state index contributed by atoms with van der Waals surface area (Å²) in [4.78, 5) is 7.20. The zero-order valence-electron chi connectivity index (χ0n) is 16.2. The van der Waals surface area contributed by atoms with Gasteiger partial charge >= 0.3 is 0 Å². The molecule has 0 bridgehead atoms. The number of para-hydroxylation sites is 1. The van der Waals surface area contributed by atoms with Gasteiger partial charge in [0, 0.05) is 31.9 Å². The second-order valence-corrected chi connectivity index (χ2v) is 6.59. The number of hydrogen-bond acceptors (Lipinski definition) is 3. The number of aliphatic imine (C=N–C) groups is 1. The van der Waals surface area contributed by atoms with Crippen molar-refractivity contribution in [1.82, 2.24) is 10.6 Å². The molecule has 2 N–H and O–H groups in total. The Morgan fingerprint density at radius 1 is 1.00 bits per heavy atom. The Morgan fingerprint density at radius 3 is 2.52 bits per heavy atom. The average molecular weight is 367 g/mol. The monoisotopic (exact) mass is 366 g/mol. The maximum atomic E-state index is 5.48. The quantitative estimate of drug-likeness (QED) is 0.584. The summed E-state index contributed by atoms with van der Waals surface area (Å²) in [5.74, 6) is 0.866. The summed E-state index contributed by atoms with van der Waals surface area (Å²) in [5.41, 5.74) is 3.85. The van der Waals surface area contributed by atoms with Gasteiger partial charge in [0.25, 0.3) is 0 Å².